The van der Waals surface area contributed by atoms with Gasteiger partial charge in [-0.05, 0) is 33.5 Å². The summed E-state index contributed by atoms with van der Waals surface area (Å²) < 4.78 is 9.62. The largest absolute Gasteiger partial charge is 0.466 e. The van der Waals surface area contributed by atoms with E-state index in [1.165, 1.54) is 0 Å². The third kappa shape index (κ3) is 12.8. The second-order valence-electron chi connectivity index (χ2n) is 2.89. The van der Waals surface area contributed by atoms with Crippen LogP contribution in [0.3, 0.4) is 0 Å². The number of hydrogen-bond acceptors (Lipinski definition) is 8. The molecule has 0 aliphatic heterocycles. The summed E-state index contributed by atoms with van der Waals surface area (Å²) in [6.45, 7) is 4.48. The molecule has 0 radical (unpaired) electrons. The van der Waals surface area contributed by atoms with E-state index >= 15 is 0 Å². The summed E-state index contributed by atoms with van der Waals surface area (Å²) in [7, 11) is 6.47. The number of carbonyl (C=O) groups is 2. The molecule has 0 unspecified atom stereocenters. The molecule has 0 aromatic rings. The molecule has 0 aliphatic rings. The van der Waals surface area contributed by atoms with Gasteiger partial charge in [0.25, 0.3) is 0 Å². The van der Waals surface area contributed by atoms with E-state index in [0.717, 1.165) is 11.5 Å². The number of carbonyl (C=O) groups excluding carboxylic acids is 2. The van der Waals surface area contributed by atoms with Crippen LogP contribution in [0.4, 0.5) is 0 Å². The van der Waals surface area contributed by atoms with Crippen molar-refractivity contribution < 1.29 is 19.1 Å². The monoisotopic (exact) mass is 330 g/mol. The Morgan fingerprint density at radius 2 is 1.22 bits per heavy atom. The Hall–Kier alpha value is 0.340. The summed E-state index contributed by atoms with van der Waals surface area (Å²) in [4.78, 5) is 22.0. The third-order valence-electron chi connectivity index (χ3n) is 1.51. The van der Waals surface area contributed by atoms with Gasteiger partial charge in [0.15, 0.2) is 0 Å². The quantitative estimate of drug-likeness (QED) is 0.324. The highest BCUT2D eigenvalue weighted by Gasteiger charge is 2.03. The first-order valence-corrected chi connectivity index (χ1v) is 10.7. The maximum absolute atomic E-state index is 11.0. The first-order valence-electron chi connectivity index (χ1n) is 5.59. The highest BCUT2D eigenvalue weighted by Crippen LogP contribution is 2.43. The topological polar surface area (TPSA) is 52.6 Å². The van der Waals surface area contributed by atoms with E-state index in [-0.39, 0.29) is 11.9 Å². The van der Waals surface area contributed by atoms with Crippen LogP contribution >= 0.6 is 41.2 Å². The van der Waals surface area contributed by atoms with Crippen molar-refractivity contribution in [3.8, 4) is 0 Å². The van der Waals surface area contributed by atoms with Crippen molar-refractivity contribution in [3.63, 3.8) is 0 Å². The first kappa shape index (κ1) is 18.3. The van der Waals surface area contributed by atoms with Crippen molar-refractivity contribution in [3.05, 3.63) is 0 Å². The fraction of sp³-hybridized carbons (Fsp3) is 0.800. The molecule has 8 heteroatoms. The summed E-state index contributed by atoms with van der Waals surface area (Å²) in [5, 5.41) is 0. The molecule has 0 N–H and O–H groups in total. The number of ether oxygens (including phenoxy) is 2. The normalized spacial score (nSPS) is 10.1. The van der Waals surface area contributed by atoms with Gasteiger partial charge >= 0.3 is 11.9 Å². The molecule has 0 saturated heterocycles. The smallest absolute Gasteiger partial charge is 0.306 e. The van der Waals surface area contributed by atoms with E-state index in [1.807, 2.05) is 0 Å². The maximum atomic E-state index is 11.0. The molecular formula is C10H18O4S4. The third-order valence-corrected chi connectivity index (χ3v) is 7.98. The van der Waals surface area contributed by atoms with E-state index in [2.05, 4.69) is 0 Å². The first-order chi connectivity index (χ1) is 8.70. The fourth-order valence-corrected chi connectivity index (χ4v) is 6.74. The Morgan fingerprint density at radius 3 is 1.56 bits per heavy atom. The molecule has 106 valence electrons. The highest BCUT2D eigenvalue weighted by atomic mass is 33.7. The van der Waals surface area contributed by atoms with Crippen LogP contribution in [0.5, 0.6) is 0 Å². The molecule has 0 spiro atoms. The van der Waals surface area contributed by atoms with Crippen molar-refractivity contribution in [2.24, 2.45) is 0 Å². The van der Waals surface area contributed by atoms with Gasteiger partial charge in [-0.2, -0.15) is 0 Å². The summed E-state index contributed by atoms with van der Waals surface area (Å²) in [5.41, 5.74) is 0. The minimum atomic E-state index is -0.148. The van der Waals surface area contributed by atoms with Gasteiger partial charge in [0.2, 0.25) is 0 Å². The second-order valence-corrected chi connectivity index (χ2v) is 9.13. The molecule has 0 fully saturated rings. The van der Waals surface area contributed by atoms with Gasteiger partial charge in [-0.1, -0.05) is 21.6 Å². The standard InChI is InChI=1S/C10H18O4S4/c1-3-13-9(11)5-7-15-17-18-16-8-6-10(12)14-4-2/h3-8H2,1-2H3. The van der Waals surface area contributed by atoms with Gasteiger partial charge in [-0.25, -0.2) is 0 Å². The Kier molecular flexibility index (Phi) is 14.0. The molecular weight excluding hydrogens is 312 g/mol. The van der Waals surface area contributed by atoms with E-state index in [9.17, 15) is 9.59 Å². The van der Waals surface area contributed by atoms with E-state index in [4.69, 9.17) is 9.47 Å². The molecule has 0 bridgehead atoms. The zero-order chi connectivity index (χ0) is 13.6. The Morgan fingerprint density at radius 1 is 0.833 bits per heavy atom. The van der Waals surface area contributed by atoms with Gasteiger partial charge in [-0.15, -0.1) is 0 Å². The van der Waals surface area contributed by atoms with Crippen molar-refractivity contribution in [1.29, 1.82) is 0 Å². The van der Waals surface area contributed by atoms with Gasteiger partial charge in [0.1, 0.15) is 0 Å². The van der Waals surface area contributed by atoms with Crippen molar-refractivity contribution in [2.45, 2.75) is 26.7 Å². The van der Waals surface area contributed by atoms with Crippen LogP contribution < -0.4 is 0 Å². The minimum absolute atomic E-state index is 0.148. The number of rotatable bonds is 11. The Bertz CT molecular complexity index is 214. The van der Waals surface area contributed by atoms with Gasteiger partial charge < -0.3 is 9.47 Å². The predicted molar refractivity (Wildman–Crippen MR) is 82.6 cm³/mol. The van der Waals surface area contributed by atoms with Crippen LogP contribution in [0, 0.1) is 0 Å². The highest BCUT2D eigenvalue weighted by molar-refractivity contribution is 9.26. The number of esters is 2. The van der Waals surface area contributed by atoms with Crippen LogP contribution in [0.1, 0.15) is 26.7 Å². The van der Waals surface area contributed by atoms with E-state index in [0.29, 0.717) is 26.1 Å². The second kappa shape index (κ2) is 13.8. The lowest BCUT2D eigenvalue weighted by Crippen LogP contribution is -2.04. The average molecular weight is 331 g/mol. The Labute approximate surface area is 123 Å². The van der Waals surface area contributed by atoms with Crippen LogP contribution in [0.2, 0.25) is 0 Å². The van der Waals surface area contributed by atoms with Crippen molar-refractivity contribution >= 4 is 53.2 Å². The van der Waals surface area contributed by atoms with Crippen LogP contribution in [-0.4, -0.2) is 36.7 Å². The summed E-state index contributed by atoms with van der Waals surface area (Å²) in [5.74, 6) is 1.19. The molecule has 0 aromatic carbocycles. The van der Waals surface area contributed by atoms with Crippen LogP contribution in [0.15, 0.2) is 0 Å². The van der Waals surface area contributed by atoms with E-state index in [1.54, 1.807) is 55.1 Å². The molecule has 0 heterocycles. The van der Waals surface area contributed by atoms with E-state index < -0.39 is 0 Å². The molecule has 18 heavy (non-hydrogen) atoms. The SMILES string of the molecule is CCOC(=O)CCSSSSCCC(=O)OCC. The summed E-state index contributed by atoms with van der Waals surface area (Å²) >= 11 is 0. The predicted octanol–water partition coefficient (Wildman–Crippen LogP) is 3.57. The van der Waals surface area contributed by atoms with Gasteiger partial charge in [0, 0.05) is 11.5 Å². The summed E-state index contributed by atoms with van der Waals surface area (Å²) in [6.07, 6.45) is 0.888. The lowest BCUT2D eigenvalue weighted by Gasteiger charge is -2.02. The molecule has 0 aliphatic carbocycles. The zero-order valence-corrected chi connectivity index (χ0v) is 13.8. The van der Waals surface area contributed by atoms with Crippen LogP contribution in [-0.2, 0) is 19.1 Å². The molecule has 0 amide bonds. The summed E-state index contributed by atoms with van der Waals surface area (Å²) in [6, 6.07) is 0. The van der Waals surface area contributed by atoms with Crippen molar-refractivity contribution in [1.82, 2.24) is 0 Å². The van der Waals surface area contributed by atoms with Crippen LogP contribution in [0.25, 0.3) is 0 Å². The molecule has 0 atom stereocenters. The zero-order valence-electron chi connectivity index (χ0n) is 10.5. The molecule has 4 nitrogen and oxygen atoms in total. The number of hydrogen-bond donors (Lipinski definition) is 0. The molecule has 0 saturated carbocycles. The van der Waals surface area contributed by atoms with Gasteiger partial charge in [-0.3, -0.25) is 9.59 Å². The maximum Gasteiger partial charge on any atom is 0.306 e. The minimum Gasteiger partial charge on any atom is -0.466 e. The Balaban J connectivity index is 3.16. The fourth-order valence-electron chi connectivity index (χ4n) is 0.824. The average Bonchev–Trinajstić information content (AvgIpc) is 2.33. The lowest BCUT2D eigenvalue weighted by molar-refractivity contribution is -0.143. The lowest BCUT2D eigenvalue weighted by atomic mass is 10.5. The molecule has 0 aromatic heterocycles. The molecule has 0 rings (SSSR count). The van der Waals surface area contributed by atoms with Gasteiger partial charge in [0.05, 0.1) is 26.1 Å². The van der Waals surface area contributed by atoms with Crippen molar-refractivity contribution in [2.75, 3.05) is 24.7 Å².